The molecule has 0 spiro atoms. The number of allylic oxidation sites excluding steroid dienone is 2. The molecular weight excluding hydrogens is 160 g/mol. The van der Waals surface area contributed by atoms with Crippen LogP contribution in [0.3, 0.4) is 0 Å². The van der Waals surface area contributed by atoms with Crippen LogP contribution >= 0.6 is 0 Å². The van der Waals surface area contributed by atoms with E-state index < -0.39 is 0 Å². The van der Waals surface area contributed by atoms with Gasteiger partial charge in [0.15, 0.2) is 0 Å². The van der Waals surface area contributed by atoms with Crippen molar-refractivity contribution in [1.82, 2.24) is 0 Å². The highest BCUT2D eigenvalue weighted by Gasteiger charge is 1.75. The summed E-state index contributed by atoms with van der Waals surface area (Å²) < 4.78 is 5.22. The zero-order chi connectivity index (χ0) is 9.78. The molecule has 0 aromatic carbocycles. The third-order valence-electron chi connectivity index (χ3n) is 1.12. The highest BCUT2D eigenvalue weighted by atomic mass is 16.5. The van der Waals surface area contributed by atoms with Crippen molar-refractivity contribution in [2.45, 2.75) is 13.8 Å². The quantitative estimate of drug-likeness (QED) is 0.469. The van der Waals surface area contributed by atoms with E-state index in [1.807, 2.05) is 12.2 Å². The van der Waals surface area contributed by atoms with E-state index in [4.69, 9.17) is 4.74 Å². The Morgan fingerprint density at radius 3 is 1.77 bits per heavy atom. The van der Waals surface area contributed by atoms with Gasteiger partial charge in [0.2, 0.25) is 0 Å². The molecule has 0 aliphatic heterocycles. The predicted octanol–water partition coefficient (Wildman–Crippen LogP) is 2.16. The smallest absolute Gasteiger partial charge is 0.0660 e. The van der Waals surface area contributed by atoms with Crippen molar-refractivity contribution in [1.29, 1.82) is 0 Å². The van der Waals surface area contributed by atoms with Gasteiger partial charge in [-0.3, -0.25) is 0 Å². The minimum absolute atomic E-state index is 0.596. The van der Waals surface area contributed by atoms with E-state index in [0.717, 1.165) is 0 Å². The van der Waals surface area contributed by atoms with Crippen LogP contribution in [-0.4, -0.2) is 13.2 Å². The lowest BCUT2D eigenvalue weighted by Crippen LogP contribution is -1.89. The third-order valence-corrected chi connectivity index (χ3v) is 1.12. The number of ether oxygens (including phenoxy) is 1. The number of rotatable bonds is 4. The van der Waals surface area contributed by atoms with E-state index in [2.05, 4.69) is 23.7 Å². The second-order valence-electron chi connectivity index (χ2n) is 2.13. The molecule has 0 aliphatic carbocycles. The molecule has 0 aromatic heterocycles. The molecule has 0 aromatic rings. The van der Waals surface area contributed by atoms with E-state index in [9.17, 15) is 0 Å². The average Bonchev–Trinajstić information content (AvgIpc) is 2.16. The Hall–Kier alpha value is -1.44. The van der Waals surface area contributed by atoms with Gasteiger partial charge < -0.3 is 4.74 Å². The van der Waals surface area contributed by atoms with Gasteiger partial charge in [0.25, 0.3) is 0 Å². The largest absolute Gasteiger partial charge is 0.373 e. The minimum Gasteiger partial charge on any atom is -0.373 e. The maximum absolute atomic E-state index is 5.22. The van der Waals surface area contributed by atoms with Crippen LogP contribution in [0.1, 0.15) is 13.8 Å². The summed E-state index contributed by atoms with van der Waals surface area (Å²) in [7, 11) is 0. The Kier molecular flexibility index (Phi) is 9.39. The van der Waals surface area contributed by atoms with Crippen LogP contribution in [0.15, 0.2) is 24.3 Å². The molecule has 0 atom stereocenters. The Morgan fingerprint density at radius 1 is 0.923 bits per heavy atom. The van der Waals surface area contributed by atoms with Crippen molar-refractivity contribution in [2.75, 3.05) is 13.2 Å². The summed E-state index contributed by atoms with van der Waals surface area (Å²) in [6, 6.07) is 0. The average molecular weight is 174 g/mol. The maximum Gasteiger partial charge on any atom is 0.0660 e. The standard InChI is InChI=1S/C12H14O/c1-3-5-7-9-11-13-12-10-8-6-4-2/h7-10H,11-12H2,1-2H3. The van der Waals surface area contributed by atoms with Gasteiger partial charge in [0.1, 0.15) is 0 Å². The van der Waals surface area contributed by atoms with Crippen LogP contribution in [0.4, 0.5) is 0 Å². The molecule has 1 heteroatoms. The minimum atomic E-state index is 0.596. The molecule has 0 radical (unpaired) electrons. The second-order valence-corrected chi connectivity index (χ2v) is 2.13. The van der Waals surface area contributed by atoms with Gasteiger partial charge in [-0.1, -0.05) is 24.0 Å². The molecule has 13 heavy (non-hydrogen) atoms. The molecule has 0 bridgehead atoms. The monoisotopic (exact) mass is 174 g/mol. The van der Waals surface area contributed by atoms with Crippen LogP contribution < -0.4 is 0 Å². The van der Waals surface area contributed by atoms with Crippen LogP contribution in [0, 0.1) is 23.7 Å². The molecule has 0 rings (SSSR count). The highest BCUT2D eigenvalue weighted by molar-refractivity contribution is 5.14. The molecule has 68 valence electrons. The van der Waals surface area contributed by atoms with Gasteiger partial charge >= 0.3 is 0 Å². The van der Waals surface area contributed by atoms with Crippen molar-refractivity contribution >= 4 is 0 Å². The highest BCUT2D eigenvalue weighted by Crippen LogP contribution is 1.79. The molecule has 0 saturated carbocycles. The first-order valence-corrected chi connectivity index (χ1v) is 4.14. The van der Waals surface area contributed by atoms with Crippen LogP contribution in [0.25, 0.3) is 0 Å². The summed E-state index contributed by atoms with van der Waals surface area (Å²) in [6.07, 6.45) is 7.34. The summed E-state index contributed by atoms with van der Waals surface area (Å²) >= 11 is 0. The molecule has 0 saturated heterocycles. The van der Waals surface area contributed by atoms with Gasteiger partial charge in [-0.25, -0.2) is 0 Å². The molecule has 0 fully saturated rings. The maximum atomic E-state index is 5.22. The Morgan fingerprint density at radius 2 is 1.38 bits per heavy atom. The number of hydrogen-bond acceptors (Lipinski definition) is 1. The summed E-state index contributed by atoms with van der Waals surface area (Å²) in [5.41, 5.74) is 0. The Bertz CT molecular complexity index is 246. The molecular formula is C12H14O. The van der Waals surface area contributed by atoms with Crippen molar-refractivity contribution in [3.05, 3.63) is 24.3 Å². The second kappa shape index (κ2) is 10.6. The van der Waals surface area contributed by atoms with E-state index in [1.165, 1.54) is 0 Å². The van der Waals surface area contributed by atoms with Crippen molar-refractivity contribution in [3.8, 4) is 23.7 Å². The Balaban J connectivity index is 3.32. The fraction of sp³-hybridized carbons (Fsp3) is 0.333. The summed E-state index contributed by atoms with van der Waals surface area (Å²) in [4.78, 5) is 0. The molecule has 1 nitrogen and oxygen atoms in total. The lowest BCUT2D eigenvalue weighted by Gasteiger charge is -1.91. The normalized spacial score (nSPS) is 9.38. The van der Waals surface area contributed by atoms with Gasteiger partial charge in [-0.2, -0.15) is 0 Å². The fourth-order valence-corrected chi connectivity index (χ4v) is 0.585. The molecule has 0 aliphatic rings. The van der Waals surface area contributed by atoms with Gasteiger partial charge in [0, 0.05) is 0 Å². The van der Waals surface area contributed by atoms with Crippen LogP contribution in [-0.2, 0) is 4.74 Å². The van der Waals surface area contributed by atoms with Gasteiger partial charge in [-0.05, 0) is 26.0 Å². The van der Waals surface area contributed by atoms with Crippen LogP contribution in [0.2, 0.25) is 0 Å². The predicted molar refractivity (Wildman–Crippen MR) is 56.0 cm³/mol. The van der Waals surface area contributed by atoms with Crippen molar-refractivity contribution in [3.63, 3.8) is 0 Å². The molecule has 0 amide bonds. The lowest BCUT2D eigenvalue weighted by molar-refractivity contribution is 0.194. The first-order valence-electron chi connectivity index (χ1n) is 4.14. The van der Waals surface area contributed by atoms with Crippen molar-refractivity contribution < 1.29 is 4.74 Å². The molecule has 0 N–H and O–H groups in total. The Labute approximate surface area is 80.5 Å². The molecule has 0 heterocycles. The summed E-state index contributed by atoms with van der Waals surface area (Å²) in [6.45, 7) is 4.80. The van der Waals surface area contributed by atoms with Gasteiger partial charge in [-0.15, -0.1) is 11.8 Å². The van der Waals surface area contributed by atoms with E-state index in [-0.39, 0.29) is 0 Å². The lowest BCUT2D eigenvalue weighted by atomic mass is 10.5. The topological polar surface area (TPSA) is 9.23 Å². The van der Waals surface area contributed by atoms with Crippen molar-refractivity contribution in [2.24, 2.45) is 0 Å². The third kappa shape index (κ3) is 10.6. The van der Waals surface area contributed by atoms with Crippen LogP contribution in [0.5, 0.6) is 0 Å². The number of hydrogen-bond donors (Lipinski definition) is 0. The fourth-order valence-electron chi connectivity index (χ4n) is 0.585. The van der Waals surface area contributed by atoms with Gasteiger partial charge in [0.05, 0.1) is 13.2 Å². The summed E-state index contributed by atoms with van der Waals surface area (Å²) in [5.74, 6) is 11.1. The van der Waals surface area contributed by atoms with E-state index in [1.54, 1.807) is 26.0 Å². The first-order chi connectivity index (χ1) is 6.41. The van der Waals surface area contributed by atoms with E-state index in [0.29, 0.717) is 13.2 Å². The summed E-state index contributed by atoms with van der Waals surface area (Å²) in [5, 5.41) is 0. The molecule has 0 unspecified atom stereocenters. The van der Waals surface area contributed by atoms with E-state index >= 15 is 0 Å². The zero-order valence-corrected chi connectivity index (χ0v) is 8.13. The first kappa shape index (κ1) is 11.6. The zero-order valence-electron chi connectivity index (χ0n) is 8.13. The SMILES string of the molecule is CC#CC=CCOCC=CC#CC.